The third kappa shape index (κ3) is 3.78. The molecule has 9 heteroatoms. The lowest BCUT2D eigenvalue weighted by molar-refractivity contribution is 0.587. The summed E-state index contributed by atoms with van der Waals surface area (Å²) >= 11 is 6.25. The summed E-state index contributed by atoms with van der Waals surface area (Å²) in [5, 5.41) is 9.18. The number of sulfone groups is 1. The molecule has 0 aliphatic rings. The van der Waals surface area contributed by atoms with Crippen LogP contribution < -0.4 is 4.90 Å². The summed E-state index contributed by atoms with van der Waals surface area (Å²) in [6, 6.07) is 20.7. The number of hydrogen-bond acceptors (Lipinski definition) is 6. The van der Waals surface area contributed by atoms with Gasteiger partial charge in [0, 0.05) is 23.1 Å². The highest BCUT2D eigenvalue weighted by atomic mass is 35.5. The first-order valence-corrected chi connectivity index (χ1v) is 12.7. The third-order valence-corrected chi connectivity index (χ3v) is 8.29. The lowest BCUT2D eigenvalue weighted by Gasteiger charge is -2.21. The fraction of sp³-hybridized carbons (Fsp3) is 0.160. The Hall–Kier alpha value is -3.49. The van der Waals surface area contributed by atoms with Gasteiger partial charge in [-0.1, -0.05) is 35.9 Å². The van der Waals surface area contributed by atoms with Crippen molar-refractivity contribution >= 4 is 49.6 Å². The fourth-order valence-electron chi connectivity index (χ4n) is 3.90. The summed E-state index contributed by atoms with van der Waals surface area (Å²) in [5.41, 5.74) is 3.68. The van der Waals surface area contributed by atoms with E-state index in [1.54, 1.807) is 32.3 Å². The van der Waals surface area contributed by atoms with E-state index < -0.39 is 15.1 Å². The van der Waals surface area contributed by atoms with Crippen LogP contribution in [0.5, 0.6) is 0 Å². The second-order valence-electron chi connectivity index (χ2n) is 8.33. The first-order chi connectivity index (χ1) is 16.3. The zero-order valence-electron chi connectivity index (χ0n) is 18.8. The zero-order chi connectivity index (χ0) is 24.0. The molecule has 5 aromatic rings. The summed E-state index contributed by atoms with van der Waals surface area (Å²) in [6.45, 7) is 3.37. The molecule has 0 amide bonds. The van der Waals surface area contributed by atoms with Crippen molar-refractivity contribution in [3.63, 3.8) is 0 Å². The van der Waals surface area contributed by atoms with E-state index in [4.69, 9.17) is 16.6 Å². The molecule has 34 heavy (non-hydrogen) atoms. The van der Waals surface area contributed by atoms with Crippen molar-refractivity contribution in [1.29, 1.82) is 0 Å². The Balaban J connectivity index is 1.56. The molecule has 3 aromatic carbocycles. The third-order valence-electron chi connectivity index (χ3n) is 5.88. The Morgan fingerprint density at radius 1 is 0.971 bits per heavy atom. The minimum absolute atomic E-state index is 0.329. The highest BCUT2D eigenvalue weighted by molar-refractivity contribution is 7.92. The van der Waals surface area contributed by atoms with Crippen molar-refractivity contribution in [3.8, 4) is 11.1 Å². The molecule has 0 N–H and O–H groups in total. The maximum absolute atomic E-state index is 12.4. The van der Waals surface area contributed by atoms with Crippen LogP contribution >= 0.6 is 11.6 Å². The molecule has 0 bridgehead atoms. The van der Waals surface area contributed by atoms with Crippen molar-refractivity contribution < 1.29 is 8.42 Å². The standard InChI is InChI=1S/C25H22ClN5O2S/c1-16(2)34(32,33)21-10-7-17(8-11-21)18-5-4-6-20(13-18)30(3)24-22-12-9-19(26)14-23(22)31-15-27-29-25(31)28-24/h4-16H,1-3H3. The van der Waals surface area contributed by atoms with Crippen molar-refractivity contribution in [2.24, 2.45) is 0 Å². The van der Waals surface area contributed by atoms with Gasteiger partial charge in [0.1, 0.15) is 12.1 Å². The average molecular weight is 492 g/mol. The van der Waals surface area contributed by atoms with E-state index in [0.717, 1.165) is 33.5 Å². The number of nitrogens with zero attached hydrogens (tertiary/aromatic N) is 5. The maximum atomic E-state index is 12.4. The van der Waals surface area contributed by atoms with Gasteiger partial charge in [0.2, 0.25) is 0 Å². The van der Waals surface area contributed by atoms with Crippen LogP contribution in [0.1, 0.15) is 13.8 Å². The Bertz CT molecular complexity index is 1630. The number of rotatable bonds is 5. The number of benzene rings is 3. The molecule has 5 rings (SSSR count). The van der Waals surface area contributed by atoms with Crippen LogP contribution in [0.4, 0.5) is 11.5 Å². The van der Waals surface area contributed by atoms with E-state index in [2.05, 4.69) is 10.2 Å². The average Bonchev–Trinajstić information content (AvgIpc) is 3.32. The van der Waals surface area contributed by atoms with Crippen LogP contribution in [0.3, 0.4) is 0 Å². The first kappa shape index (κ1) is 22.3. The van der Waals surface area contributed by atoms with E-state index in [1.165, 1.54) is 0 Å². The lowest BCUT2D eigenvalue weighted by atomic mass is 10.0. The highest BCUT2D eigenvalue weighted by Gasteiger charge is 2.19. The molecule has 0 aliphatic heterocycles. The largest absolute Gasteiger partial charge is 0.329 e. The number of fused-ring (bicyclic) bond motifs is 3. The predicted molar refractivity (Wildman–Crippen MR) is 136 cm³/mol. The zero-order valence-corrected chi connectivity index (χ0v) is 20.4. The fourth-order valence-corrected chi connectivity index (χ4v) is 5.13. The second-order valence-corrected chi connectivity index (χ2v) is 11.3. The van der Waals surface area contributed by atoms with E-state index in [0.29, 0.717) is 15.7 Å². The van der Waals surface area contributed by atoms with E-state index in [9.17, 15) is 8.42 Å². The molecule has 0 fully saturated rings. The van der Waals surface area contributed by atoms with Gasteiger partial charge in [-0.25, -0.2) is 8.42 Å². The normalized spacial score (nSPS) is 12.0. The van der Waals surface area contributed by atoms with Crippen LogP contribution in [0.25, 0.3) is 27.8 Å². The Labute approximate surface area is 202 Å². The topological polar surface area (TPSA) is 80.5 Å². The van der Waals surface area contributed by atoms with Crippen molar-refractivity contribution in [2.75, 3.05) is 11.9 Å². The first-order valence-electron chi connectivity index (χ1n) is 10.7. The highest BCUT2D eigenvalue weighted by Crippen LogP contribution is 2.33. The Kier molecular flexibility index (Phi) is 5.50. The van der Waals surface area contributed by atoms with Gasteiger partial charge in [-0.3, -0.25) is 4.40 Å². The lowest BCUT2D eigenvalue weighted by Crippen LogP contribution is -2.13. The van der Waals surface area contributed by atoms with Crippen LogP contribution in [-0.2, 0) is 9.84 Å². The molecule has 0 saturated carbocycles. The SMILES string of the molecule is CC(C)S(=O)(=O)c1ccc(-c2cccc(N(C)c3nc4nncn4c4cc(Cl)ccc34)c2)cc1. The number of halogens is 1. The van der Waals surface area contributed by atoms with Crippen molar-refractivity contribution in [2.45, 2.75) is 24.0 Å². The molecular formula is C25H22ClN5O2S. The Morgan fingerprint density at radius 3 is 2.47 bits per heavy atom. The molecule has 2 aromatic heterocycles. The second kappa shape index (κ2) is 8.38. The summed E-state index contributed by atoms with van der Waals surface area (Å²) < 4.78 is 26.7. The van der Waals surface area contributed by atoms with Crippen LogP contribution in [-0.4, -0.2) is 40.3 Å². The summed E-state index contributed by atoms with van der Waals surface area (Å²) in [4.78, 5) is 7.05. The summed E-state index contributed by atoms with van der Waals surface area (Å²) in [5.74, 6) is 1.21. The minimum atomic E-state index is -3.31. The van der Waals surface area contributed by atoms with Gasteiger partial charge in [0.15, 0.2) is 9.84 Å². The molecule has 7 nitrogen and oxygen atoms in total. The van der Waals surface area contributed by atoms with E-state index >= 15 is 0 Å². The summed E-state index contributed by atoms with van der Waals surface area (Å²) in [7, 11) is -1.36. The smallest absolute Gasteiger partial charge is 0.257 e. The molecule has 0 radical (unpaired) electrons. The van der Waals surface area contributed by atoms with Crippen LogP contribution in [0.15, 0.2) is 78.0 Å². The number of aromatic nitrogens is 4. The minimum Gasteiger partial charge on any atom is -0.329 e. The van der Waals surface area contributed by atoms with E-state index in [1.807, 2.05) is 70.9 Å². The van der Waals surface area contributed by atoms with Crippen LogP contribution in [0.2, 0.25) is 5.02 Å². The number of hydrogen-bond donors (Lipinski definition) is 0. The quantitative estimate of drug-likeness (QED) is 0.321. The molecular weight excluding hydrogens is 470 g/mol. The van der Waals surface area contributed by atoms with Gasteiger partial charge >= 0.3 is 0 Å². The van der Waals surface area contributed by atoms with E-state index in [-0.39, 0.29) is 0 Å². The van der Waals surface area contributed by atoms with Crippen molar-refractivity contribution in [3.05, 3.63) is 78.1 Å². The number of anilines is 2. The van der Waals surface area contributed by atoms with Crippen molar-refractivity contribution in [1.82, 2.24) is 19.6 Å². The van der Waals surface area contributed by atoms with Crippen LogP contribution in [0, 0.1) is 0 Å². The van der Waals surface area contributed by atoms with Gasteiger partial charge in [-0.15, -0.1) is 10.2 Å². The van der Waals surface area contributed by atoms with Gasteiger partial charge in [0.25, 0.3) is 5.78 Å². The molecule has 172 valence electrons. The maximum Gasteiger partial charge on any atom is 0.257 e. The molecule has 2 heterocycles. The monoisotopic (exact) mass is 491 g/mol. The van der Waals surface area contributed by atoms with Gasteiger partial charge < -0.3 is 4.90 Å². The predicted octanol–water partition coefficient (Wildman–Crippen LogP) is 5.55. The van der Waals surface area contributed by atoms with Gasteiger partial charge in [-0.2, -0.15) is 4.98 Å². The van der Waals surface area contributed by atoms with Gasteiger partial charge in [0.05, 0.1) is 15.7 Å². The van der Waals surface area contributed by atoms with Gasteiger partial charge in [-0.05, 0) is 67.4 Å². The molecule has 0 aliphatic carbocycles. The Morgan fingerprint density at radius 2 is 1.74 bits per heavy atom. The summed E-state index contributed by atoms with van der Waals surface area (Å²) in [6.07, 6.45) is 1.62. The molecule has 0 atom stereocenters. The molecule has 0 unspecified atom stereocenters. The molecule has 0 spiro atoms. The molecule has 0 saturated heterocycles.